The SMILES string of the molecule is Nc1cc(F)cc(C(=O)OCC2CCCCO2)c1F. The zero-order valence-electron chi connectivity index (χ0n) is 10.3. The Labute approximate surface area is 109 Å². The van der Waals surface area contributed by atoms with Gasteiger partial charge in [-0.2, -0.15) is 0 Å². The van der Waals surface area contributed by atoms with Crippen LogP contribution in [0.2, 0.25) is 0 Å². The molecule has 0 aromatic heterocycles. The standard InChI is InChI=1S/C13H15F2NO3/c14-8-5-10(12(15)11(16)6-8)13(17)19-7-9-3-1-2-4-18-9/h5-6,9H,1-4,7,16H2. The summed E-state index contributed by atoms with van der Waals surface area (Å²) in [7, 11) is 0. The van der Waals surface area contributed by atoms with E-state index in [1.54, 1.807) is 0 Å². The topological polar surface area (TPSA) is 61.6 Å². The summed E-state index contributed by atoms with van der Waals surface area (Å²) < 4.78 is 37.0. The van der Waals surface area contributed by atoms with Gasteiger partial charge in [0.25, 0.3) is 0 Å². The van der Waals surface area contributed by atoms with Gasteiger partial charge in [0.2, 0.25) is 0 Å². The Morgan fingerprint density at radius 2 is 2.21 bits per heavy atom. The number of rotatable bonds is 3. The van der Waals surface area contributed by atoms with E-state index < -0.39 is 28.9 Å². The van der Waals surface area contributed by atoms with Gasteiger partial charge in [-0.05, 0) is 31.4 Å². The molecule has 0 amide bonds. The average molecular weight is 271 g/mol. The molecule has 1 fully saturated rings. The van der Waals surface area contributed by atoms with Crippen molar-refractivity contribution in [3.05, 3.63) is 29.3 Å². The fourth-order valence-corrected chi connectivity index (χ4v) is 1.94. The molecular weight excluding hydrogens is 256 g/mol. The number of anilines is 1. The van der Waals surface area contributed by atoms with Crippen molar-refractivity contribution in [2.75, 3.05) is 18.9 Å². The molecule has 6 heteroatoms. The van der Waals surface area contributed by atoms with Crippen molar-refractivity contribution < 1.29 is 23.0 Å². The van der Waals surface area contributed by atoms with Crippen LogP contribution in [0.25, 0.3) is 0 Å². The van der Waals surface area contributed by atoms with Crippen molar-refractivity contribution in [1.82, 2.24) is 0 Å². The second-order valence-corrected chi connectivity index (χ2v) is 4.44. The Balaban J connectivity index is 1.99. The second-order valence-electron chi connectivity index (χ2n) is 4.44. The number of carbonyl (C=O) groups is 1. The summed E-state index contributed by atoms with van der Waals surface area (Å²) >= 11 is 0. The van der Waals surface area contributed by atoms with Gasteiger partial charge < -0.3 is 15.2 Å². The molecular formula is C13H15F2NO3. The summed E-state index contributed by atoms with van der Waals surface area (Å²) in [5.74, 6) is -2.67. The monoisotopic (exact) mass is 271 g/mol. The van der Waals surface area contributed by atoms with E-state index in [0.717, 1.165) is 31.4 Å². The van der Waals surface area contributed by atoms with Crippen molar-refractivity contribution >= 4 is 11.7 Å². The zero-order valence-corrected chi connectivity index (χ0v) is 10.3. The van der Waals surface area contributed by atoms with Crippen LogP contribution in [0.1, 0.15) is 29.6 Å². The van der Waals surface area contributed by atoms with Crippen LogP contribution in [0.3, 0.4) is 0 Å². The van der Waals surface area contributed by atoms with Crippen LogP contribution in [-0.2, 0) is 9.47 Å². The Kier molecular flexibility index (Phi) is 4.31. The highest BCUT2D eigenvalue weighted by Crippen LogP contribution is 2.19. The Hall–Kier alpha value is -1.69. The first-order valence-corrected chi connectivity index (χ1v) is 6.11. The fourth-order valence-electron chi connectivity index (χ4n) is 1.94. The van der Waals surface area contributed by atoms with E-state index in [-0.39, 0.29) is 12.7 Å². The lowest BCUT2D eigenvalue weighted by molar-refractivity contribution is -0.0302. The van der Waals surface area contributed by atoms with Gasteiger partial charge in [-0.15, -0.1) is 0 Å². The number of ether oxygens (including phenoxy) is 2. The number of benzene rings is 1. The summed E-state index contributed by atoms with van der Waals surface area (Å²) in [4.78, 5) is 11.7. The summed E-state index contributed by atoms with van der Waals surface area (Å²) in [5, 5.41) is 0. The first-order chi connectivity index (χ1) is 9.08. The lowest BCUT2D eigenvalue weighted by Gasteiger charge is -2.22. The van der Waals surface area contributed by atoms with E-state index in [1.165, 1.54) is 0 Å². The second kappa shape index (κ2) is 5.97. The summed E-state index contributed by atoms with van der Waals surface area (Å²) in [6.45, 7) is 0.665. The minimum Gasteiger partial charge on any atom is -0.459 e. The van der Waals surface area contributed by atoms with Gasteiger partial charge >= 0.3 is 5.97 Å². The minimum atomic E-state index is -0.962. The van der Waals surface area contributed by atoms with Gasteiger partial charge in [-0.25, -0.2) is 13.6 Å². The van der Waals surface area contributed by atoms with Crippen LogP contribution < -0.4 is 5.73 Å². The highest BCUT2D eigenvalue weighted by Gasteiger charge is 2.20. The van der Waals surface area contributed by atoms with E-state index in [2.05, 4.69) is 0 Å². The molecule has 4 nitrogen and oxygen atoms in total. The molecule has 1 aliphatic heterocycles. The third-order valence-corrected chi connectivity index (χ3v) is 2.96. The van der Waals surface area contributed by atoms with Crippen LogP contribution in [0.4, 0.5) is 14.5 Å². The van der Waals surface area contributed by atoms with Crippen LogP contribution in [0.5, 0.6) is 0 Å². The maximum Gasteiger partial charge on any atom is 0.341 e. The highest BCUT2D eigenvalue weighted by molar-refractivity contribution is 5.90. The van der Waals surface area contributed by atoms with Gasteiger partial charge in [0, 0.05) is 6.61 Å². The number of halogens is 2. The van der Waals surface area contributed by atoms with E-state index in [9.17, 15) is 13.6 Å². The zero-order chi connectivity index (χ0) is 13.8. The van der Waals surface area contributed by atoms with E-state index in [0.29, 0.717) is 6.61 Å². The van der Waals surface area contributed by atoms with Crippen molar-refractivity contribution in [2.24, 2.45) is 0 Å². The van der Waals surface area contributed by atoms with Gasteiger partial charge in [0.05, 0.1) is 11.8 Å². The lowest BCUT2D eigenvalue weighted by Crippen LogP contribution is -2.26. The largest absolute Gasteiger partial charge is 0.459 e. The highest BCUT2D eigenvalue weighted by atomic mass is 19.1. The molecule has 1 aliphatic rings. The predicted octanol–water partition coefficient (Wildman–Crippen LogP) is 2.27. The molecule has 1 heterocycles. The number of carbonyl (C=O) groups excluding carboxylic acids is 1. The molecule has 2 rings (SSSR count). The van der Waals surface area contributed by atoms with Gasteiger partial charge in [-0.1, -0.05) is 0 Å². The van der Waals surface area contributed by atoms with Crippen LogP contribution in [-0.4, -0.2) is 25.3 Å². The molecule has 1 saturated heterocycles. The molecule has 0 aliphatic carbocycles. The number of nitrogen functional groups attached to an aromatic ring is 1. The fraction of sp³-hybridized carbons (Fsp3) is 0.462. The Bertz CT molecular complexity index is 473. The van der Waals surface area contributed by atoms with Crippen molar-refractivity contribution in [3.63, 3.8) is 0 Å². The quantitative estimate of drug-likeness (QED) is 0.676. The molecule has 0 spiro atoms. The van der Waals surface area contributed by atoms with Crippen molar-refractivity contribution in [3.8, 4) is 0 Å². The molecule has 0 radical (unpaired) electrons. The minimum absolute atomic E-state index is 0.0364. The molecule has 0 saturated carbocycles. The summed E-state index contributed by atoms with van der Waals surface area (Å²) in [6, 6.07) is 1.59. The molecule has 2 N–H and O–H groups in total. The smallest absolute Gasteiger partial charge is 0.341 e. The van der Waals surface area contributed by atoms with Gasteiger partial charge in [0.1, 0.15) is 18.0 Å². The lowest BCUT2D eigenvalue weighted by atomic mass is 10.1. The summed E-state index contributed by atoms with van der Waals surface area (Å²) in [6.07, 6.45) is 2.61. The van der Waals surface area contributed by atoms with E-state index in [4.69, 9.17) is 15.2 Å². The van der Waals surface area contributed by atoms with E-state index >= 15 is 0 Å². The number of esters is 1. The van der Waals surface area contributed by atoms with E-state index in [1.807, 2.05) is 0 Å². The third kappa shape index (κ3) is 3.41. The number of nitrogens with two attached hydrogens (primary N) is 1. The van der Waals surface area contributed by atoms with Crippen LogP contribution in [0.15, 0.2) is 12.1 Å². The van der Waals surface area contributed by atoms with Gasteiger partial charge in [-0.3, -0.25) is 0 Å². The maximum atomic E-state index is 13.6. The van der Waals surface area contributed by atoms with Gasteiger partial charge in [0.15, 0.2) is 5.82 Å². The Morgan fingerprint density at radius 3 is 2.89 bits per heavy atom. The third-order valence-electron chi connectivity index (χ3n) is 2.96. The first kappa shape index (κ1) is 13.7. The van der Waals surface area contributed by atoms with Crippen molar-refractivity contribution in [1.29, 1.82) is 0 Å². The molecule has 104 valence electrons. The van der Waals surface area contributed by atoms with Crippen molar-refractivity contribution in [2.45, 2.75) is 25.4 Å². The molecule has 0 bridgehead atoms. The molecule has 1 aromatic rings. The Morgan fingerprint density at radius 1 is 1.42 bits per heavy atom. The molecule has 19 heavy (non-hydrogen) atoms. The summed E-state index contributed by atoms with van der Waals surface area (Å²) in [5.41, 5.74) is 4.34. The predicted molar refractivity (Wildman–Crippen MR) is 64.6 cm³/mol. The van der Waals surface area contributed by atoms with Crippen LogP contribution >= 0.6 is 0 Å². The maximum absolute atomic E-state index is 13.6. The first-order valence-electron chi connectivity index (χ1n) is 6.11. The van der Waals surface area contributed by atoms with Crippen LogP contribution in [0, 0.1) is 11.6 Å². The average Bonchev–Trinajstić information content (AvgIpc) is 2.41. The number of hydrogen-bond acceptors (Lipinski definition) is 4. The number of hydrogen-bond donors (Lipinski definition) is 1. The molecule has 1 atom stereocenters. The normalized spacial score (nSPS) is 19.2. The molecule has 1 aromatic carbocycles. The molecule has 1 unspecified atom stereocenters.